The Balaban J connectivity index is 1.99. The molecule has 0 aromatic heterocycles. The second kappa shape index (κ2) is 4.74. The molecule has 0 bridgehead atoms. The first-order chi connectivity index (χ1) is 7.59. The van der Waals surface area contributed by atoms with Gasteiger partial charge in [-0.3, -0.25) is 4.79 Å². The maximum atomic E-state index is 12.4. The molecule has 0 aliphatic heterocycles. The van der Waals surface area contributed by atoms with Crippen LogP contribution in [-0.4, -0.2) is 28.9 Å². The fourth-order valence-corrected chi connectivity index (χ4v) is 2.97. The molecule has 2 unspecified atom stereocenters. The molecule has 3 heteroatoms. The van der Waals surface area contributed by atoms with E-state index in [0.717, 1.165) is 19.3 Å². The largest absolute Gasteiger partial charge is 0.337 e. The van der Waals surface area contributed by atoms with Gasteiger partial charge in [-0.25, -0.2) is 0 Å². The van der Waals surface area contributed by atoms with E-state index in [-0.39, 0.29) is 12.0 Å². The van der Waals surface area contributed by atoms with Crippen molar-refractivity contribution in [1.82, 2.24) is 4.90 Å². The Kier molecular flexibility index (Phi) is 3.53. The molecule has 0 aromatic rings. The molecule has 2 saturated carbocycles. The monoisotopic (exact) mass is 224 g/mol. The standard InChI is InChI=1S/C13H24N2O/c1-9(2)15(12-4-3-5-12)13(16)10-6-7-11(14)8-10/h9-12H,3-8,14H2,1-2H3. The molecular formula is C13H24N2O. The molecule has 16 heavy (non-hydrogen) atoms. The van der Waals surface area contributed by atoms with Gasteiger partial charge in [-0.15, -0.1) is 0 Å². The Bertz CT molecular complexity index is 261. The van der Waals surface area contributed by atoms with Crippen molar-refractivity contribution >= 4 is 5.91 Å². The van der Waals surface area contributed by atoms with Crippen LogP contribution in [0.1, 0.15) is 52.4 Å². The van der Waals surface area contributed by atoms with Crippen LogP contribution in [0.2, 0.25) is 0 Å². The number of nitrogens with two attached hydrogens (primary N) is 1. The second-order valence-corrected chi connectivity index (χ2v) is 5.69. The molecule has 92 valence electrons. The summed E-state index contributed by atoms with van der Waals surface area (Å²) < 4.78 is 0. The number of amides is 1. The van der Waals surface area contributed by atoms with Crippen LogP contribution in [0.3, 0.4) is 0 Å². The fourth-order valence-electron chi connectivity index (χ4n) is 2.97. The average molecular weight is 224 g/mol. The lowest BCUT2D eigenvalue weighted by Gasteiger charge is -2.41. The lowest BCUT2D eigenvalue weighted by atomic mass is 9.89. The summed E-state index contributed by atoms with van der Waals surface area (Å²) in [5.74, 6) is 0.575. The molecule has 0 aromatic carbocycles. The van der Waals surface area contributed by atoms with E-state index in [9.17, 15) is 4.79 Å². The van der Waals surface area contributed by atoms with Gasteiger partial charge in [0.2, 0.25) is 5.91 Å². The molecular weight excluding hydrogens is 200 g/mol. The summed E-state index contributed by atoms with van der Waals surface area (Å²) in [4.78, 5) is 14.6. The van der Waals surface area contributed by atoms with E-state index in [4.69, 9.17) is 5.73 Å². The quantitative estimate of drug-likeness (QED) is 0.796. The third-order valence-corrected chi connectivity index (χ3v) is 4.10. The van der Waals surface area contributed by atoms with E-state index in [1.165, 1.54) is 19.3 Å². The van der Waals surface area contributed by atoms with Crippen molar-refractivity contribution < 1.29 is 4.79 Å². The van der Waals surface area contributed by atoms with Crippen molar-refractivity contribution in [3.05, 3.63) is 0 Å². The molecule has 2 aliphatic rings. The lowest BCUT2D eigenvalue weighted by Crippen LogP contribution is -2.50. The van der Waals surface area contributed by atoms with Gasteiger partial charge in [-0.05, 0) is 52.4 Å². The van der Waals surface area contributed by atoms with Gasteiger partial charge >= 0.3 is 0 Å². The number of rotatable bonds is 3. The molecule has 0 radical (unpaired) electrons. The van der Waals surface area contributed by atoms with Crippen molar-refractivity contribution in [2.75, 3.05) is 0 Å². The molecule has 2 atom stereocenters. The molecule has 2 rings (SSSR count). The zero-order valence-corrected chi connectivity index (χ0v) is 10.5. The van der Waals surface area contributed by atoms with E-state index >= 15 is 0 Å². The normalized spacial score (nSPS) is 30.5. The Labute approximate surface area is 98.4 Å². The van der Waals surface area contributed by atoms with Gasteiger partial charge in [0.25, 0.3) is 0 Å². The van der Waals surface area contributed by atoms with Crippen molar-refractivity contribution in [3.63, 3.8) is 0 Å². The fraction of sp³-hybridized carbons (Fsp3) is 0.923. The van der Waals surface area contributed by atoms with Gasteiger partial charge in [0.1, 0.15) is 0 Å². The predicted molar refractivity (Wildman–Crippen MR) is 64.9 cm³/mol. The highest BCUT2D eigenvalue weighted by molar-refractivity contribution is 5.80. The van der Waals surface area contributed by atoms with E-state index in [1.54, 1.807) is 0 Å². The summed E-state index contributed by atoms with van der Waals surface area (Å²) in [5, 5.41) is 0. The second-order valence-electron chi connectivity index (χ2n) is 5.69. The lowest BCUT2D eigenvalue weighted by molar-refractivity contribution is -0.141. The molecule has 0 saturated heterocycles. The highest BCUT2D eigenvalue weighted by Crippen LogP contribution is 2.32. The summed E-state index contributed by atoms with van der Waals surface area (Å²) in [7, 11) is 0. The van der Waals surface area contributed by atoms with Gasteiger partial charge in [-0.1, -0.05) is 0 Å². The third-order valence-electron chi connectivity index (χ3n) is 4.10. The summed E-state index contributed by atoms with van der Waals surface area (Å²) in [5.41, 5.74) is 5.89. The number of carbonyl (C=O) groups is 1. The Morgan fingerprint density at radius 2 is 1.94 bits per heavy atom. The SMILES string of the molecule is CC(C)N(C(=O)C1CCC(N)C1)C1CCC1. The minimum Gasteiger partial charge on any atom is -0.337 e. The van der Waals surface area contributed by atoms with Gasteiger partial charge in [0.05, 0.1) is 0 Å². The minimum absolute atomic E-state index is 0.206. The Morgan fingerprint density at radius 3 is 2.31 bits per heavy atom. The molecule has 3 nitrogen and oxygen atoms in total. The summed E-state index contributed by atoms with van der Waals surface area (Å²) in [6.45, 7) is 4.26. The average Bonchev–Trinajstić information content (AvgIpc) is 2.56. The Morgan fingerprint density at radius 1 is 1.25 bits per heavy atom. The first-order valence-electron chi connectivity index (χ1n) is 6.67. The highest BCUT2D eigenvalue weighted by atomic mass is 16.2. The number of hydrogen-bond donors (Lipinski definition) is 1. The van der Waals surface area contributed by atoms with Crippen molar-refractivity contribution in [3.8, 4) is 0 Å². The maximum absolute atomic E-state index is 12.4. The summed E-state index contributed by atoms with van der Waals surface area (Å²) in [6, 6.07) is 1.11. The highest BCUT2D eigenvalue weighted by Gasteiger charge is 2.36. The first-order valence-corrected chi connectivity index (χ1v) is 6.67. The van der Waals surface area contributed by atoms with Gasteiger partial charge in [-0.2, -0.15) is 0 Å². The number of carbonyl (C=O) groups excluding carboxylic acids is 1. The smallest absolute Gasteiger partial charge is 0.226 e. The van der Waals surface area contributed by atoms with Crippen LogP contribution in [0.25, 0.3) is 0 Å². The van der Waals surface area contributed by atoms with Gasteiger partial charge in [0.15, 0.2) is 0 Å². The number of nitrogens with zero attached hydrogens (tertiary/aromatic N) is 1. The van der Waals surface area contributed by atoms with Crippen molar-refractivity contribution in [2.24, 2.45) is 11.7 Å². The van der Waals surface area contributed by atoms with Crippen LogP contribution in [0, 0.1) is 5.92 Å². The van der Waals surface area contributed by atoms with Crippen molar-refractivity contribution in [1.29, 1.82) is 0 Å². The van der Waals surface area contributed by atoms with Crippen molar-refractivity contribution in [2.45, 2.75) is 70.5 Å². The number of hydrogen-bond acceptors (Lipinski definition) is 2. The minimum atomic E-state index is 0.206. The third kappa shape index (κ3) is 2.24. The summed E-state index contributed by atoms with van der Waals surface area (Å²) in [6.07, 6.45) is 6.59. The van der Waals surface area contributed by atoms with Crippen LogP contribution >= 0.6 is 0 Å². The topological polar surface area (TPSA) is 46.3 Å². The maximum Gasteiger partial charge on any atom is 0.226 e. The molecule has 0 spiro atoms. The van der Waals surface area contributed by atoms with E-state index in [2.05, 4.69) is 18.7 Å². The van der Waals surface area contributed by atoms with E-state index in [0.29, 0.717) is 18.0 Å². The van der Waals surface area contributed by atoms with E-state index in [1.807, 2.05) is 0 Å². The molecule has 2 fully saturated rings. The molecule has 0 heterocycles. The van der Waals surface area contributed by atoms with Gasteiger partial charge in [0, 0.05) is 24.0 Å². The molecule has 1 amide bonds. The van der Waals surface area contributed by atoms with Crippen LogP contribution in [0.5, 0.6) is 0 Å². The zero-order valence-electron chi connectivity index (χ0n) is 10.5. The predicted octanol–water partition coefficient (Wildman–Crippen LogP) is 1.90. The zero-order chi connectivity index (χ0) is 11.7. The summed E-state index contributed by atoms with van der Waals surface area (Å²) >= 11 is 0. The molecule has 2 N–H and O–H groups in total. The molecule has 2 aliphatic carbocycles. The van der Waals surface area contributed by atoms with Crippen LogP contribution in [0.15, 0.2) is 0 Å². The van der Waals surface area contributed by atoms with E-state index < -0.39 is 0 Å². The van der Waals surface area contributed by atoms with Gasteiger partial charge < -0.3 is 10.6 Å². The first kappa shape index (κ1) is 11.9. The van der Waals surface area contributed by atoms with Crippen LogP contribution in [-0.2, 0) is 4.79 Å². The Hall–Kier alpha value is -0.570. The van der Waals surface area contributed by atoms with Crippen LogP contribution in [0.4, 0.5) is 0 Å². The van der Waals surface area contributed by atoms with Crippen LogP contribution < -0.4 is 5.73 Å².